The molecular formula is C17H20N4O3. The van der Waals surface area contributed by atoms with Crippen molar-refractivity contribution in [1.29, 1.82) is 0 Å². The molecule has 2 aromatic rings. The first kappa shape index (κ1) is 16.2. The van der Waals surface area contributed by atoms with Gasteiger partial charge in [0, 0.05) is 19.3 Å². The first-order valence-corrected chi connectivity index (χ1v) is 7.89. The van der Waals surface area contributed by atoms with Gasteiger partial charge >= 0.3 is 5.97 Å². The van der Waals surface area contributed by atoms with E-state index in [0.29, 0.717) is 29.6 Å². The Hall–Kier alpha value is -2.67. The van der Waals surface area contributed by atoms with Gasteiger partial charge in [0.05, 0.1) is 24.5 Å². The van der Waals surface area contributed by atoms with E-state index in [1.165, 1.54) is 7.11 Å². The maximum absolute atomic E-state index is 11.8. The highest BCUT2D eigenvalue weighted by Gasteiger charge is 2.15. The van der Waals surface area contributed by atoms with Crippen LogP contribution in [0, 0.1) is 0 Å². The van der Waals surface area contributed by atoms with Gasteiger partial charge in [0.2, 0.25) is 5.95 Å². The fourth-order valence-electron chi connectivity index (χ4n) is 2.54. The molecule has 0 saturated carbocycles. The molecule has 2 N–H and O–H groups in total. The Labute approximate surface area is 140 Å². The SMILES string of the molecule is COC(=O)c1ccccc1Nc1ccnc(NCC2CCCO2)n1. The predicted molar refractivity (Wildman–Crippen MR) is 90.6 cm³/mol. The Morgan fingerprint density at radius 1 is 1.38 bits per heavy atom. The lowest BCUT2D eigenvalue weighted by Gasteiger charge is -2.13. The molecular weight excluding hydrogens is 308 g/mol. The fraction of sp³-hybridized carbons (Fsp3) is 0.353. The molecule has 0 aliphatic carbocycles. The van der Waals surface area contributed by atoms with Crippen LogP contribution >= 0.6 is 0 Å². The molecule has 1 saturated heterocycles. The average Bonchev–Trinajstić information content (AvgIpc) is 3.14. The predicted octanol–water partition coefficient (Wildman–Crippen LogP) is 2.60. The van der Waals surface area contributed by atoms with Crippen molar-refractivity contribution in [3.05, 3.63) is 42.1 Å². The van der Waals surface area contributed by atoms with Crippen LogP contribution in [0.2, 0.25) is 0 Å². The summed E-state index contributed by atoms with van der Waals surface area (Å²) < 4.78 is 10.4. The van der Waals surface area contributed by atoms with Crippen LogP contribution in [0.5, 0.6) is 0 Å². The minimum atomic E-state index is -0.399. The number of esters is 1. The van der Waals surface area contributed by atoms with Crippen molar-refractivity contribution in [1.82, 2.24) is 9.97 Å². The zero-order chi connectivity index (χ0) is 16.8. The van der Waals surface area contributed by atoms with Crippen molar-refractivity contribution >= 4 is 23.4 Å². The van der Waals surface area contributed by atoms with Gasteiger partial charge in [-0.3, -0.25) is 0 Å². The maximum atomic E-state index is 11.8. The molecule has 1 aromatic carbocycles. The van der Waals surface area contributed by atoms with Crippen LogP contribution in [0.3, 0.4) is 0 Å². The summed E-state index contributed by atoms with van der Waals surface area (Å²) in [7, 11) is 1.36. The number of rotatable bonds is 6. The lowest BCUT2D eigenvalue weighted by molar-refractivity contribution is 0.0602. The van der Waals surface area contributed by atoms with Crippen molar-refractivity contribution in [2.45, 2.75) is 18.9 Å². The van der Waals surface area contributed by atoms with Gasteiger partial charge in [0.25, 0.3) is 0 Å². The first-order valence-electron chi connectivity index (χ1n) is 7.89. The molecule has 3 rings (SSSR count). The van der Waals surface area contributed by atoms with Crippen LogP contribution in [-0.2, 0) is 9.47 Å². The van der Waals surface area contributed by atoms with Gasteiger partial charge in [-0.2, -0.15) is 4.98 Å². The molecule has 1 unspecified atom stereocenters. The minimum absolute atomic E-state index is 0.213. The van der Waals surface area contributed by atoms with Gasteiger partial charge in [-0.05, 0) is 31.0 Å². The molecule has 7 heteroatoms. The van der Waals surface area contributed by atoms with Crippen LogP contribution in [0.25, 0.3) is 0 Å². The molecule has 1 fully saturated rings. The van der Waals surface area contributed by atoms with Crippen LogP contribution in [-0.4, -0.2) is 42.3 Å². The molecule has 1 aliphatic heterocycles. The number of anilines is 3. The summed E-state index contributed by atoms with van der Waals surface area (Å²) >= 11 is 0. The molecule has 1 aromatic heterocycles. The number of benzene rings is 1. The van der Waals surface area contributed by atoms with Crippen molar-refractivity contribution in [2.24, 2.45) is 0 Å². The molecule has 1 aliphatic rings. The Morgan fingerprint density at radius 3 is 3.04 bits per heavy atom. The van der Waals surface area contributed by atoms with Gasteiger partial charge in [0.15, 0.2) is 0 Å². The lowest BCUT2D eigenvalue weighted by Crippen LogP contribution is -2.19. The lowest BCUT2D eigenvalue weighted by atomic mass is 10.2. The topological polar surface area (TPSA) is 85.4 Å². The Kier molecular flexibility index (Phi) is 5.22. The van der Waals surface area contributed by atoms with E-state index >= 15 is 0 Å². The van der Waals surface area contributed by atoms with Gasteiger partial charge in [-0.15, -0.1) is 0 Å². The molecule has 24 heavy (non-hydrogen) atoms. The highest BCUT2D eigenvalue weighted by atomic mass is 16.5. The summed E-state index contributed by atoms with van der Waals surface area (Å²) in [5.41, 5.74) is 1.08. The van der Waals surface area contributed by atoms with Gasteiger partial charge in [-0.25, -0.2) is 9.78 Å². The normalized spacial score (nSPS) is 16.6. The van der Waals surface area contributed by atoms with E-state index in [2.05, 4.69) is 20.6 Å². The number of nitrogens with one attached hydrogen (secondary N) is 2. The summed E-state index contributed by atoms with van der Waals surface area (Å²) in [5, 5.41) is 6.32. The molecule has 2 heterocycles. The minimum Gasteiger partial charge on any atom is -0.465 e. The molecule has 7 nitrogen and oxygen atoms in total. The zero-order valence-corrected chi connectivity index (χ0v) is 13.5. The number of carbonyl (C=O) groups is 1. The maximum Gasteiger partial charge on any atom is 0.339 e. The molecule has 126 valence electrons. The van der Waals surface area contributed by atoms with Crippen LogP contribution in [0.15, 0.2) is 36.5 Å². The number of carbonyl (C=O) groups excluding carboxylic acids is 1. The Morgan fingerprint density at radius 2 is 2.25 bits per heavy atom. The third kappa shape index (κ3) is 3.99. The second kappa shape index (κ2) is 7.74. The monoisotopic (exact) mass is 328 g/mol. The van der Waals surface area contributed by atoms with E-state index < -0.39 is 5.97 Å². The summed E-state index contributed by atoms with van der Waals surface area (Å²) in [4.78, 5) is 20.4. The summed E-state index contributed by atoms with van der Waals surface area (Å²) in [5.74, 6) is 0.714. The molecule has 1 atom stereocenters. The number of ether oxygens (including phenoxy) is 2. The number of para-hydroxylation sites is 1. The van der Waals surface area contributed by atoms with Crippen LogP contribution in [0.4, 0.5) is 17.5 Å². The highest BCUT2D eigenvalue weighted by molar-refractivity contribution is 5.96. The van der Waals surface area contributed by atoms with E-state index in [1.807, 2.05) is 6.07 Å². The molecule has 0 spiro atoms. The van der Waals surface area contributed by atoms with Crippen molar-refractivity contribution in [3.8, 4) is 0 Å². The number of hydrogen-bond donors (Lipinski definition) is 2. The second-order valence-corrected chi connectivity index (χ2v) is 5.44. The number of nitrogens with zero attached hydrogens (tertiary/aromatic N) is 2. The van der Waals surface area contributed by atoms with Crippen molar-refractivity contribution < 1.29 is 14.3 Å². The quantitative estimate of drug-likeness (QED) is 0.788. The summed E-state index contributed by atoms with van der Waals surface area (Å²) in [6.07, 6.45) is 4.02. The zero-order valence-electron chi connectivity index (χ0n) is 13.5. The fourth-order valence-corrected chi connectivity index (χ4v) is 2.54. The van der Waals surface area contributed by atoms with Crippen molar-refractivity contribution in [2.75, 3.05) is 30.9 Å². The first-order chi connectivity index (χ1) is 11.8. The second-order valence-electron chi connectivity index (χ2n) is 5.44. The molecule has 0 amide bonds. The third-order valence-corrected chi connectivity index (χ3v) is 3.76. The number of aromatic nitrogens is 2. The number of methoxy groups -OCH3 is 1. The molecule has 0 radical (unpaired) electrons. The smallest absolute Gasteiger partial charge is 0.339 e. The van der Waals surface area contributed by atoms with E-state index in [4.69, 9.17) is 9.47 Å². The van der Waals surface area contributed by atoms with Crippen LogP contribution < -0.4 is 10.6 Å². The van der Waals surface area contributed by atoms with Gasteiger partial charge in [-0.1, -0.05) is 12.1 Å². The van der Waals surface area contributed by atoms with E-state index in [1.54, 1.807) is 30.5 Å². The number of hydrogen-bond acceptors (Lipinski definition) is 7. The van der Waals surface area contributed by atoms with E-state index in [-0.39, 0.29) is 6.10 Å². The standard InChI is InChI=1S/C17H20N4O3/c1-23-16(22)13-6-2-3-7-14(13)20-15-8-9-18-17(21-15)19-11-12-5-4-10-24-12/h2-3,6-9,12H,4-5,10-11H2,1H3,(H2,18,19,20,21). The highest BCUT2D eigenvalue weighted by Crippen LogP contribution is 2.21. The van der Waals surface area contributed by atoms with E-state index in [0.717, 1.165) is 19.4 Å². The summed E-state index contributed by atoms with van der Waals surface area (Å²) in [6, 6.07) is 8.86. The van der Waals surface area contributed by atoms with Gasteiger partial charge in [0.1, 0.15) is 5.82 Å². The molecule has 0 bridgehead atoms. The van der Waals surface area contributed by atoms with Gasteiger partial charge < -0.3 is 20.1 Å². The van der Waals surface area contributed by atoms with Crippen molar-refractivity contribution in [3.63, 3.8) is 0 Å². The third-order valence-electron chi connectivity index (χ3n) is 3.76. The summed E-state index contributed by atoms with van der Waals surface area (Å²) in [6.45, 7) is 1.50. The Balaban J connectivity index is 1.69. The average molecular weight is 328 g/mol. The van der Waals surface area contributed by atoms with E-state index in [9.17, 15) is 4.79 Å². The Bertz CT molecular complexity index is 702. The largest absolute Gasteiger partial charge is 0.465 e. The van der Waals surface area contributed by atoms with Crippen LogP contribution in [0.1, 0.15) is 23.2 Å².